The van der Waals surface area contributed by atoms with Crippen molar-refractivity contribution in [3.05, 3.63) is 95.1 Å². The monoisotopic (exact) mass is 282 g/mol. The topological polar surface area (TPSA) is 0 Å². The van der Waals surface area contributed by atoms with Gasteiger partial charge in [-0.3, -0.25) is 0 Å². The number of hydrogen-bond acceptors (Lipinski definition) is 0. The Morgan fingerprint density at radius 1 is 0.773 bits per heavy atom. The Morgan fingerprint density at radius 2 is 1.45 bits per heavy atom. The molecule has 0 N–H and O–H groups in total. The molecule has 0 saturated carbocycles. The minimum absolute atomic E-state index is 0.421. The summed E-state index contributed by atoms with van der Waals surface area (Å²) >= 11 is 0. The highest BCUT2D eigenvalue weighted by molar-refractivity contribution is 5.87. The summed E-state index contributed by atoms with van der Waals surface area (Å²) in [6.07, 6.45) is 6.80. The molecule has 0 aromatic heterocycles. The highest BCUT2D eigenvalue weighted by Crippen LogP contribution is 2.36. The fourth-order valence-electron chi connectivity index (χ4n) is 3.22. The van der Waals surface area contributed by atoms with E-state index in [4.69, 9.17) is 0 Å². The molecule has 0 fully saturated rings. The molecule has 0 bridgehead atoms. The van der Waals surface area contributed by atoms with Gasteiger partial charge < -0.3 is 0 Å². The van der Waals surface area contributed by atoms with Crippen LogP contribution in [0.3, 0.4) is 0 Å². The van der Waals surface area contributed by atoms with Crippen molar-refractivity contribution in [1.29, 1.82) is 0 Å². The first-order valence-electron chi connectivity index (χ1n) is 7.79. The van der Waals surface area contributed by atoms with Gasteiger partial charge in [-0.1, -0.05) is 79.7 Å². The Bertz CT molecular complexity index is 882. The van der Waals surface area contributed by atoms with E-state index in [0.717, 1.165) is 0 Å². The van der Waals surface area contributed by atoms with E-state index in [1.807, 2.05) is 0 Å². The van der Waals surface area contributed by atoms with Crippen LogP contribution in [0.4, 0.5) is 0 Å². The number of hydrogen-bond donors (Lipinski definition) is 0. The van der Waals surface area contributed by atoms with E-state index >= 15 is 0 Å². The summed E-state index contributed by atoms with van der Waals surface area (Å²) < 4.78 is 0. The first-order chi connectivity index (χ1) is 10.8. The predicted molar refractivity (Wildman–Crippen MR) is 95.8 cm³/mol. The number of fused-ring (bicyclic) bond motifs is 2. The van der Waals surface area contributed by atoms with Gasteiger partial charge in [-0.05, 0) is 45.2 Å². The molecule has 106 valence electrons. The summed E-state index contributed by atoms with van der Waals surface area (Å²) in [6, 6.07) is 23.8. The molecular formula is C22H18. The van der Waals surface area contributed by atoms with E-state index in [2.05, 4.69) is 91.9 Å². The van der Waals surface area contributed by atoms with Crippen LogP contribution in [0, 0.1) is 0 Å². The smallest absolute Gasteiger partial charge is 0.00673 e. The van der Waals surface area contributed by atoms with Crippen LogP contribution in [0.25, 0.3) is 22.9 Å². The summed E-state index contributed by atoms with van der Waals surface area (Å²) in [5, 5.41) is 2.64. The van der Waals surface area contributed by atoms with E-state index in [1.165, 1.54) is 33.0 Å². The fourth-order valence-corrected chi connectivity index (χ4v) is 3.22. The van der Waals surface area contributed by atoms with Crippen LogP contribution in [0.15, 0.2) is 78.4 Å². The van der Waals surface area contributed by atoms with Gasteiger partial charge >= 0.3 is 0 Å². The lowest BCUT2D eigenvalue weighted by Gasteiger charge is -2.22. The quantitative estimate of drug-likeness (QED) is 0.509. The molecule has 22 heavy (non-hydrogen) atoms. The second-order valence-corrected chi connectivity index (χ2v) is 5.94. The molecule has 0 saturated heterocycles. The second kappa shape index (κ2) is 5.31. The first-order valence-corrected chi connectivity index (χ1v) is 7.79. The van der Waals surface area contributed by atoms with E-state index in [0.29, 0.717) is 5.92 Å². The third kappa shape index (κ3) is 2.27. The SMILES string of the molecule is CC1C(=Cc2ccccc2)C=Cc2cc3ccccc3cc21. The van der Waals surface area contributed by atoms with Crippen molar-refractivity contribution >= 4 is 22.9 Å². The standard InChI is InChI=1S/C22H18/c1-16-18(13-17-7-3-2-4-8-17)11-12-21-14-19-9-5-6-10-20(19)15-22(16)21/h2-16H,1H3. The normalized spacial score (nSPS) is 18.6. The van der Waals surface area contributed by atoms with Crippen LogP contribution in [-0.2, 0) is 0 Å². The molecule has 0 radical (unpaired) electrons. The van der Waals surface area contributed by atoms with Crippen molar-refractivity contribution in [1.82, 2.24) is 0 Å². The summed E-state index contributed by atoms with van der Waals surface area (Å²) in [5.74, 6) is 0.421. The van der Waals surface area contributed by atoms with Crippen LogP contribution in [-0.4, -0.2) is 0 Å². The van der Waals surface area contributed by atoms with Gasteiger partial charge in [0, 0.05) is 5.92 Å². The molecule has 1 unspecified atom stereocenters. The van der Waals surface area contributed by atoms with E-state index < -0.39 is 0 Å². The zero-order chi connectivity index (χ0) is 14.9. The van der Waals surface area contributed by atoms with Gasteiger partial charge in [-0.15, -0.1) is 0 Å². The molecule has 0 heteroatoms. The van der Waals surface area contributed by atoms with Crippen LogP contribution < -0.4 is 0 Å². The zero-order valence-electron chi connectivity index (χ0n) is 12.7. The Hall–Kier alpha value is -2.60. The maximum Gasteiger partial charge on any atom is 0.00673 e. The lowest BCUT2D eigenvalue weighted by atomic mass is 9.82. The molecular weight excluding hydrogens is 264 g/mol. The molecule has 0 amide bonds. The zero-order valence-corrected chi connectivity index (χ0v) is 12.7. The molecule has 1 atom stereocenters. The molecule has 0 aliphatic heterocycles. The third-order valence-electron chi connectivity index (χ3n) is 4.51. The van der Waals surface area contributed by atoms with Gasteiger partial charge in [0.2, 0.25) is 0 Å². The minimum Gasteiger partial charge on any atom is -0.0622 e. The van der Waals surface area contributed by atoms with Gasteiger partial charge in [0.05, 0.1) is 0 Å². The average molecular weight is 282 g/mol. The maximum absolute atomic E-state index is 2.34. The van der Waals surface area contributed by atoms with E-state index in [-0.39, 0.29) is 0 Å². The fraction of sp³-hybridized carbons (Fsp3) is 0.0909. The van der Waals surface area contributed by atoms with Crippen LogP contribution in [0.2, 0.25) is 0 Å². The molecule has 1 aliphatic carbocycles. The van der Waals surface area contributed by atoms with Crippen molar-refractivity contribution < 1.29 is 0 Å². The number of rotatable bonds is 1. The summed E-state index contributed by atoms with van der Waals surface area (Å²) in [7, 11) is 0. The van der Waals surface area contributed by atoms with Gasteiger partial charge in [-0.25, -0.2) is 0 Å². The van der Waals surface area contributed by atoms with Crippen molar-refractivity contribution in [3.8, 4) is 0 Å². The summed E-state index contributed by atoms with van der Waals surface area (Å²) in [6.45, 7) is 2.30. The predicted octanol–water partition coefficient (Wildman–Crippen LogP) is 6.05. The highest BCUT2D eigenvalue weighted by Gasteiger charge is 2.17. The Morgan fingerprint density at radius 3 is 2.23 bits per heavy atom. The van der Waals surface area contributed by atoms with Crippen LogP contribution in [0.5, 0.6) is 0 Å². The summed E-state index contributed by atoms with van der Waals surface area (Å²) in [5.41, 5.74) is 5.40. The largest absolute Gasteiger partial charge is 0.0622 e. The molecule has 3 aromatic rings. The van der Waals surface area contributed by atoms with Crippen molar-refractivity contribution in [2.75, 3.05) is 0 Å². The third-order valence-corrected chi connectivity index (χ3v) is 4.51. The Kier molecular flexibility index (Phi) is 3.16. The Balaban J connectivity index is 1.82. The van der Waals surface area contributed by atoms with Crippen molar-refractivity contribution in [3.63, 3.8) is 0 Å². The lowest BCUT2D eigenvalue weighted by Crippen LogP contribution is -2.03. The Labute approximate surface area is 131 Å². The summed E-state index contributed by atoms with van der Waals surface area (Å²) in [4.78, 5) is 0. The van der Waals surface area contributed by atoms with Crippen molar-refractivity contribution in [2.45, 2.75) is 12.8 Å². The second-order valence-electron chi connectivity index (χ2n) is 5.94. The molecule has 0 spiro atoms. The minimum atomic E-state index is 0.421. The van der Waals surface area contributed by atoms with Gasteiger partial charge in [-0.2, -0.15) is 0 Å². The van der Waals surface area contributed by atoms with Gasteiger partial charge in [0.1, 0.15) is 0 Å². The number of allylic oxidation sites excluding steroid dienone is 2. The molecule has 3 aromatic carbocycles. The molecule has 0 heterocycles. The lowest BCUT2D eigenvalue weighted by molar-refractivity contribution is 0.920. The number of benzene rings is 3. The van der Waals surface area contributed by atoms with E-state index in [9.17, 15) is 0 Å². The van der Waals surface area contributed by atoms with Crippen LogP contribution in [0.1, 0.15) is 29.5 Å². The highest BCUT2D eigenvalue weighted by atomic mass is 14.2. The van der Waals surface area contributed by atoms with Gasteiger partial charge in [0.25, 0.3) is 0 Å². The average Bonchev–Trinajstić information content (AvgIpc) is 2.57. The molecule has 0 nitrogen and oxygen atoms in total. The van der Waals surface area contributed by atoms with Crippen molar-refractivity contribution in [2.24, 2.45) is 0 Å². The maximum atomic E-state index is 2.34. The van der Waals surface area contributed by atoms with Crippen LogP contribution >= 0.6 is 0 Å². The first kappa shape index (κ1) is 13.1. The van der Waals surface area contributed by atoms with E-state index in [1.54, 1.807) is 0 Å². The molecule has 4 rings (SSSR count). The van der Waals surface area contributed by atoms with Gasteiger partial charge in [0.15, 0.2) is 0 Å². The molecule has 1 aliphatic rings.